The molecule has 2 N–H and O–H groups in total. The van der Waals surface area contributed by atoms with Gasteiger partial charge >= 0.3 is 6.03 Å². The van der Waals surface area contributed by atoms with Gasteiger partial charge in [-0.1, -0.05) is 13.2 Å². The second-order valence-electron chi connectivity index (χ2n) is 3.08. The lowest BCUT2D eigenvalue weighted by Crippen LogP contribution is -2.31. The van der Waals surface area contributed by atoms with Crippen LogP contribution in [0.5, 0.6) is 0 Å². The van der Waals surface area contributed by atoms with E-state index >= 15 is 0 Å². The Labute approximate surface area is 85.7 Å². The Kier molecular flexibility index (Phi) is 6.28. The van der Waals surface area contributed by atoms with Crippen molar-refractivity contribution in [1.29, 1.82) is 0 Å². The second kappa shape index (κ2) is 7.00. The molecule has 0 aromatic carbocycles. The van der Waals surface area contributed by atoms with Gasteiger partial charge in [0.15, 0.2) is 0 Å². The number of nitrogens with zero attached hydrogens (tertiary/aromatic N) is 2. The van der Waals surface area contributed by atoms with E-state index in [0.29, 0.717) is 6.54 Å². The first-order valence-corrected chi connectivity index (χ1v) is 4.63. The van der Waals surface area contributed by atoms with E-state index in [0.717, 1.165) is 19.4 Å². The van der Waals surface area contributed by atoms with Gasteiger partial charge in [0.2, 0.25) is 0 Å². The molecule has 0 aromatic rings. The lowest BCUT2D eigenvalue weighted by Gasteiger charge is -2.16. The molecule has 0 radical (unpaired) electrons. The summed E-state index contributed by atoms with van der Waals surface area (Å²) in [7, 11) is 1.96. The van der Waals surface area contributed by atoms with Gasteiger partial charge in [0.05, 0.1) is 0 Å². The van der Waals surface area contributed by atoms with Gasteiger partial charge in [-0.25, -0.2) is 4.79 Å². The van der Waals surface area contributed by atoms with Gasteiger partial charge in [-0.05, 0) is 19.0 Å². The van der Waals surface area contributed by atoms with Crippen LogP contribution < -0.4 is 5.73 Å². The molecule has 14 heavy (non-hydrogen) atoms. The summed E-state index contributed by atoms with van der Waals surface area (Å²) in [5.74, 6) is 0. The fourth-order valence-corrected chi connectivity index (χ4v) is 1.03. The summed E-state index contributed by atoms with van der Waals surface area (Å²) in [6, 6.07) is -0.447. The maximum absolute atomic E-state index is 10.8. The van der Waals surface area contributed by atoms with Crippen molar-refractivity contribution in [2.75, 3.05) is 20.1 Å². The third kappa shape index (κ3) is 5.24. The molecule has 0 bridgehead atoms. The van der Waals surface area contributed by atoms with Crippen molar-refractivity contribution < 1.29 is 4.79 Å². The fourth-order valence-electron chi connectivity index (χ4n) is 1.03. The number of unbranched alkanes of at least 4 members (excludes halogenated alkanes) is 1. The van der Waals surface area contributed by atoms with E-state index in [4.69, 9.17) is 5.73 Å². The van der Waals surface area contributed by atoms with Gasteiger partial charge < -0.3 is 15.5 Å². The molecule has 0 fully saturated rings. The van der Waals surface area contributed by atoms with Crippen LogP contribution >= 0.6 is 0 Å². The number of carbonyl (C=O) groups is 1. The Morgan fingerprint density at radius 2 is 1.86 bits per heavy atom. The zero-order valence-electron chi connectivity index (χ0n) is 8.78. The molecule has 0 unspecified atom stereocenters. The summed E-state index contributed by atoms with van der Waals surface area (Å²) in [5.41, 5.74) is 5.10. The maximum Gasteiger partial charge on any atom is 0.318 e. The predicted octanol–water partition coefficient (Wildman–Crippen LogP) is 1.37. The molecule has 80 valence electrons. The first kappa shape index (κ1) is 12.6. The highest BCUT2D eigenvalue weighted by Gasteiger charge is 2.03. The van der Waals surface area contributed by atoms with Gasteiger partial charge in [0, 0.05) is 26.3 Å². The molecule has 0 aliphatic carbocycles. The van der Waals surface area contributed by atoms with Gasteiger partial charge in [-0.2, -0.15) is 0 Å². The van der Waals surface area contributed by atoms with Crippen LogP contribution in [0.25, 0.3) is 0 Å². The molecule has 0 saturated carbocycles. The zero-order valence-corrected chi connectivity index (χ0v) is 8.78. The molecule has 0 aromatic heterocycles. The van der Waals surface area contributed by atoms with Crippen molar-refractivity contribution in [1.82, 2.24) is 9.80 Å². The molecule has 4 heteroatoms. The van der Waals surface area contributed by atoms with Crippen molar-refractivity contribution in [2.45, 2.75) is 12.8 Å². The van der Waals surface area contributed by atoms with Crippen molar-refractivity contribution in [2.24, 2.45) is 5.73 Å². The molecule has 0 aliphatic heterocycles. The van der Waals surface area contributed by atoms with Crippen molar-refractivity contribution >= 4 is 6.03 Å². The van der Waals surface area contributed by atoms with E-state index < -0.39 is 6.03 Å². The van der Waals surface area contributed by atoms with E-state index in [2.05, 4.69) is 13.2 Å². The monoisotopic (exact) mass is 197 g/mol. The smallest absolute Gasteiger partial charge is 0.318 e. The van der Waals surface area contributed by atoms with Gasteiger partial charge in [-0.3, -0.25) is 0 Å². The normalized spacial score (nSPS) is 9.21. The van der Waals surface area contributed by atoms with Crippen molar-refractivity contribution in [3.63, 3.8) is 0 Å². The summed E-state index contributed by atoms with van der Waals surface area (Å²) in [5, 5.41) is 0. The van der Waals surface area contributed by atoms with Gasteiger partial charge in [0.25, 0.3) is 0 Å². The predicted molar refractivity (Wildman–Crippen MR) is 58.5 cm³/mol. The molecule has 0 saturated heterocycles. The minimum Gasteiger partial charge on any atom is -0.381 e. The zero-order chi connectivity index (χ0) is 11.0. The Morgan fingerprint density at radius 3 is 2.29 bits per heavy atom. The number of nitrogens with two attached hydrogens (primary N) is 1. The van der Waals surface area contributed by atoms with Crippen LogP contribution in [0.15, 0.2) is 25.6 Å². The number of rotatable bonds is 7. The Hall–Kier alpha value is -1.45. The Bertz CT molecular complexity index is 204. The summed E-state index contributed by atoms with van der Waals surface area (Å²) < 4.78 is 0. The molecule has 0 spiro atoms. The molecule has 2 amide bonds. The van der Waals surface area contributed by atoms with E-state index in [-0.39, 0.29) is 0 Å². The topological polar surface area (TPSA) is 49.6 Å². The average molecular weight is 197 g/mol. The summed E-state index contributed by atoms with van der Waals surface area (Å²) in [4.78, 5) is 14.2. The number of urea groups is 1. The molecular weight excluding hydrogens is 178 g/mol. The van der Waals surface area contributed by atoms with Crippen LogP contribution in [-0.4, -0.2) is 36.0 Å². The molecule has 0 rings (SSSR count). The Balaban J connectivity index is 3.57. The molecule has 0 atom stereocenters. The SMILES string of the molecule is C=CN(C)CCCCN(C=C)C(N)=O. The number of amides is 2. The highest BCUT2D eigenvalue weighted by Crippen LogP contribution is 1.97. The Morgan fingerprint density at radius 1 is 1.29 bits per heavy atom. The summed E-state index contributed by atoms with van der Waals surface area (Å²) in [6.45, 7) is 8.72. The summed E-state index contributed by atoms with van der Waals surface area (Å²) >= 11 is 0. The van der Waals surface area contributed by atoms with E-state index in [1.54, 1.807) is 6.20 Å². The first-order valence-electron chi connectivity index (χ1n) is 4.63. The average Bonchev–Trinajstić information content (AvgIpc) is 2.16. The lowest BCUT2D eigenvalue weighted by molar-refractivity contribution is 0.223. The third-order valence-electron chi connectivity index (χ3n) is 1.97. The first-order chi connectivity index (χ1) is 6.61. The van der Waals surface area contributed by atoms with Crippen molar-refractivity contribution in [3.8, 4) is 0 Å². The number of hydrogen-bond donors (Lipinski definition) is 1. The second-order valence-corrected chi connectivity index (χ2v) is 3.08. The molecular formula is C10H19N3O. The highest BCUT2D eigenvalue weighted by molar-refractivity contribution is 5.72. The van der Waals surface area contributed by atoms with Crippen LogP contribution in [0.3, 0.4) is 0 Å². The summed E-state index contributed by atoms with van der Waals surface area (Å²) in [6.07, 6.45) is 5.15. The molecule has 0 heterocycles. The van der Waals surface area contributed by atoms with E-state index in [1.165, 1.54) is 11.1 Å². The third-order valence-corrected chi connectivity index (χ3v) is 1.97. The standard InChI is InChI=1S/C10H19N3O/c1-4-12(3)8-6-7-9-13(5-2)10(11)14/h4-5H,1-2,6-9H2,3H3,(H2,11,14). The maximum atomic E-state index is 10.8. The van der Waals surface area contributed by atoms with Crippen LogP contribution in [-0.2, 0) is 0 Å². The minimum absolute atomic E-state index is 0.447. The van der Waals surface area contributed by atoms with Crippen molar-refractivity contribution in [3.05, 3.63) is 25.6 Å². The number of hydrogen-bond acceptors (Lipinski definition) is 2. The minimum atomic E-state index is -0.447. The lowest BCUT2D eigenvalue weighted by atomic mass is 10.3. The molecule has 0 aliphatic rings. The van der Waals surface area contributed by atoms with Gasteiger partial charge in [-0.15, -0.1) is 0 Å². The highest BCUT2D eigenvalue weighted by atomic mass is 16.2. The van der Waals surface area contributed by atoms with Crippen LogP contribution in [0.1, 0.15) is 12.8 Å². The van der Waals surface area contributed by atoms with Gasteiger partial charge in [0.1, 0.15) is 0 Å². The number of carbonyl (C=O) groups excluding carboxylic acids is 1. The van der Waals surface area contributed by atoms with E-state index in [9.17, 15) is 4.79 Å². The fraction of sp³-hybridized carbons (Fsp3) is 0.500. The quantitative estimate of drug-likeness (QED) is 0.627. The number of primary amides is 1. The molecule has 4 nitrogen and oxygen atoms in total. The van der Waals surface area contributed by atoms with E-state index in [1.807, 2.05) is 11.9 Å². The largest absolute Gasteiger partial charge is 0.381 e. The van der Waals surface area contributed by atoms with Crippen LogP contribution in [0, 0.1) is 0 Å². The van der Waals surface area contributed by atoms with Crippen LogP contribution in [0.4, 0.5) is 4.79 Å². The van der Waals surface area contributed by atoms with Crippen LogP contribution in [0.2, 0.25) is 0 Å².